The van der Waals surface area contributed by atoms with Crippen LogP contribution < -0.4 is 0 Å². The van der Waals surface area contributed by atoms with Crippen LogP contribution in [0, 0.1) is 5.82 Å². The van der Waals surface area contributed by atoms with Gasteiger partial charge in [-0.15, -0.1) is 0 Å². The minimum atomic E-state index is -0.314. The van der Waals surface area contributed by atoms with E-state index in [0.29, 0.717) is 31.8 Å². The van der Waals surface area contributed by atoms with Gasteiger partial charge in [0.05, 0.1) is 19.4 Å². The molecule has 0 saturated carbocycles. The van der Waals surface area contributed by atoms with Crippen molar-refractivity contribution in [2.24, 2.45) is 0 Å². The maximum absolute atomic E-state index is 13.2. The molecule has 2 aromatic rings. The molecule has 1 aromatic heterocycles. The molecule has 30 heavy (non-hydrogen) atoms. The molecule has 0 fully saturated rings. The summed E-state index contributed by atoms with van der Waals surface area (Å²) in [5, 5.41) is 0. The number of carbonyl (C=O) groups is 2. The number of hydrogen-bond acceptors (Lipinski definition) is 3. The largest absolute Gasteiger partial charge is 0.467 e. The smallest absolute Gasteiger partial charge is 0.242 e. The van der Waals surface area contributed by atoms with Crippen molar-refractivity contribution in [2.75, 3.05) is 13.1 Å². The SMILES string of the molecule is CCCCCCC(=O)N(CCC)CC(=O)N(Cc1ccc(F)cc1)Cc1ccco1. The van der Waals surface area contributed by atoms with E-state index in [2.05, 4.69) is 6.92 Å². The summed E-state index contributed by atoms with van der Waals surface area (Å²) in [6.45, 7) is 5.36. The number of unbranched alkanes of at least 4 members (excludes halogenated alkanes) is 3. The Morgan fingerprint density at radius 3 is 2.30 bits per heavy atom. The first-order valence-electron chi connectivity index (χ1n) is 10.9. The van der Waals surface area contributed by atoms with Crippen LogP contribution in [0.15, 0.2) is 47.1 Å². The zero-order chi connectivity index (χ0) is 21.8. The maximum atomic E-state index is 13.2. The third-order valence-electron chi connectivity index (χ3n) is 4.98. The van der Waals surface area contributed by atoms with Gasteiger partial charge >= 0.3 is 0 Å². The topological polar surface area (TPSA) is 53.8 Å². The molecule has 164 valence electrons. The molecule has 0 bridgehead atoms. The Kier molecular flexibility index (Phi) is 10.1. The quantitative estimate of drug-likeness (QED) is 0.424. The standard InChI is InChI=1S/C24H33FN2O3/c1-3-5-6-7-10-23(28)26(15-4-2)19-24(29)27(18-22-9-8-16-30-22)17-20-11-13-21(25)14-12-20/h8-9,11-14,16H,3-7,10,15,17-19H2,1-2H3. The highest BCUT2D eigenvalue weighted by Crippen LogP contribution is 2.13. The monoisotopic (exact) mass is 416 g/mol. The molecular formula is C24H33FN2O3. The van der Waals surface area contributed by atoms with Crippen molar-refractivity contribution in [2.45, 2.75) is 65.5 Å². The van der Waals surface area contributed by atoms with Crippen LogP contribution >= 0.6 is 0 Å². The van der Waals surface area contributed by atoms with Crippen LogP contribution in [0.3, 0.4) is 0 Å². The molecule has 0 aliphatic rings. The summed E-state index contributed by atoms with van der Waals surface area (Å²) >= 11 is 0. The van der Waals surface area contributed by atoms with Gasteiger partial charge in [0.2, 0.25) is 11.8 Å². The van der Waals surface area contributed by atoms with Gasteiger partial charge in [-0.25, -0.2) is 4.39 Å². The van der Waals surface area contributed by atoms with Crippen LogP contribution in [0.1, 0.15) is 63.7 Å². The first-order valence-corrected chi connectivity index (χ1v) is 10.9. The normalized spacial score (nSPS) is 10.8. The van der Waals surface area contributed by atoms with Crippen LogP contribution in [-0.4, -0.2) is 34.7 Å². The summed E-state index contributed by atoms with van der Waals surface area (Å²) in [6, 6.07) is 9.69. The zero-order valence-corrected chi connectivity index (χ0v) is 18.1. The van der Waals surface area contributed by atoms with E-state index in [9.17, 15) is 14.0 Å². The molecule has 0 aliphatic carbocycles. The maximum Gasteiger partial charge on any atom is 0.242 e. The Hall–Kier alpha value is -2.63. The minimum Gasteiger partial charge on any atom is -0.467 e. The highest BCUT2D eigenvalue weighted by molar-refractivity contribution is 5.84. The van der Waals surface area contributed by atoms with Crippen molar-refractivity contribution in [1.82, 2.24) is 9.80 Å². The van der Waals surface area contributed by atoms with Crippen molar-refractivity contribution in [3.05, 3.63) is 59.8 Å². The van der Waals surface area contributed by atoms with Crippen LogP contribution in [0.25, 0.3) is 0 Å². The Balaban J connectivity index is 2.05. The lowest BCUT2D eigenvalue weighted by Gasteiger charge is -2.27. The number of carbonyl (C=O) groups excluding carboxylic acids is 2. The van der Waals surface area contributed by atoms with E-state index in [4.69, 9.17) is 4.42 Å². The third kappa shape index (κ3) is 8.01. The van der Waals surface area contributed by atoms with E-state index in [0.717, 1.165) is 37.7 Å². The van der Waals surface area contributed by atoms with Gasteiger partial charge in [0.25, 0.3) is 0 Å². The molecule has 0 spiro atoms. The first kappa shape index (κ1) is 23.6. The Morgan fingerprint density at radius 1 is 0.900 bits per heavy atom. The molecule has 5 nitrogen and oxygen atoms in total. The molecule has 2 amide bonds. The number of rotatable bonds is 13. The average molecular weight is 417 g/mol. The van der Waals surface area contributed by atoms with Crippen molar-refractivity contribution >= 4 is 11.8 Å². The minimum absolute atomic E-state index is 0.0287. The fourth-order valence-corrected chi connectivity index (χ4v) is 3.32. The van der Waals surface area contributed by atoms with Crippen LogP contribution in [0.4, 0.5) is 4.39 Å². The lowest BCUT2D eigenvalue weighted by Crippen LogP contribution is -2.42. The Bertz CT molecular complexity index is 759. The van der Waals surface area contributed by atoms with E-state index in [1.165, 1.54) is 12.1 Å². The fraction of sp³-hybridized carbons (Fsp3) is 0.500. The van der Waals surface area contributed by atoms with Gasteiger partial charge in [-0.2, -0.15) is 0 Å². The van der Waals surface area contributed by atoms with Gasteiger partial charge in [0.15, 0.2) is 0 Å². The van der Waals surface area contributed by atoms with Crippen molar-refractivity contribution < 1.29 is 18.4 Å². The van der Waals surface area contributed by atoms with Crippen LogP contribution in [0.5, 0.6) is 0 Å². The van der Waals surface area contributed by atoms with E-state index in [1.807, 2.05) is 13.0 Å². The molecule has 0 radical (unpaired) electrons. The van der Waals surface area contributed by atoms with E-state index in [-0.39, 0.29) is 24.2 Å². The molecule has 0 saturated heterocycles. The fourth-order valence-electron chi connectivity index (χ4n) is 3.32. The Labute approximate surface area is 178 Å². The van der Waals surface area contributed by atoms with Crippen molar-refractivity contribution in [3.8, 4) is 0 Å². The number of nitrogens with zero attached hydrogens (tertiary/aromatic N) is 2. The molecule has 6 heteroatoms. The van der Waals surface area contributed by atoms with Crippen LogP contribution in [0.2, 0.25) is 0 Å². The third-order valence-corrected chi connectivity index (χ3v) is 4.98. The van der Waals surface area contributed by atoms with E-state index < -0.39 is 0 Å². The van der Waals surface area contributed by atoms with Gasteiger partial charge in [-0.05, 0) is 42.7 Å². The molecule has 1 heterocycles. The molecule has 2 rings (SSSR count). The van der Waals surface area contributed by atoms with Gasteiger partial charge in [0, 0.05) is 19.5 Å². The first-order chi connectivity index (χ1) is 14.5. The summed E-state index contributed by atoms with van der Waals surface area (Å²) in [5.41, 5.74) is 0.823. The predicted octanol–water partition coefficient (Wildman–Crippen LogP) is 5.16. The van der Waals surface area contributed by atoms with Crippen molar-refractivity contribution in [1.29, 1.82) is 0 Å². The van der Waals surface area contributed by atoms with Gasteiger partial charge in [-0.1, -0.05) is 45.2 Å². The summed E-state index contributed by atoms with van der Waals surface area (Å²) in [7, 11) is 0. The second-order valence-corrected chi connectivity index (χ2v) is 7.58. The molecular weight excluding hydrogens is 383 g/mol. The molecule has 1 aromatic carbocycles. The highest BCUT2D eigenvalue weighted by atomic mass is 19.1. The van der Waals surface area contributed by atoms with Gasteiger partial charge in [-0.3, -0.25) is 9.59 Å². The second kappa shape index (κ2) is 12.8. The summed E-state index contributed by atoms with van der Waals surface area (Å²) in [5.74, 6) is 0.232. The highest BCUT2D eigenvalue weighted by Gasteiger charge is 2.22. The van der Waals surface area contributed by atoms with E-state index >= 15 is 0 Å². The van der Waals surface area contributed by atoms with Gasteiger partial charge < -0.3 is 14.2 Å². The lowest BCUT2D eigenvalue weighted by molar-refractivity contribution is -0.141. The second-order valence-electron chi connectivity index (χ2n) is 7.58. The lowest BCUT2D eigenvalue weighted by atomic mass is 10.1. The number of furan rings is 1. The van der Waals surface area contributed by atoms with Crippen LogP contribution in [-0.2, 0) is 22.7 Å². The summed E-state index contributed by atoms with van der Waals surface area (Å²) in [4.78, 5) is 29.1. The predicted molar refractivity (Wildman–Crippen MR) is 115 cm³/mol. The number of halogens is 1. The Morgan fingerprint density at radius 2 is 1.67 bits per heavy atom. The summed E-state index contributed by atoms with van der Waals surface area (Å²) in [6.07, 6.45) is 6.97. The molecule has 0 atom stereocenters. The molecule has 0 unspecified atom stereocenters. The van der Waals surface area contributed by atoms with E-state index in [1.54, 1.807) is 34.3 Å². The number of benzene rings is 1. The number of amides is 2. The van der Waals surface area contributed by atoms with Crippen molar-refractivity contribution in [3.63, 3.8) is 0 Å². The number of hydrogen-bond donors (Lipinski definition) is 0. The average Bonchev–Trinajstić information content (AvgIpc) is 3.25. The van der Waals surface area contributed by atoms with Gasteiger partial charge in [0.1, 0.15) is 11.6 Å². The molecule has 0 aliphatic heterocycles. The zero-order valence-electron chi connectivity index (χ0n) is 18.1. The molecule has 0 N–H and O–H groups in total. The summed E-state index contributed by atoms with van der Waals surface area (Å²) < 4.78 is 18.7.